The van der Waals surface area contributed by atoms with Gasteiger partial charge < -0.3 is 15.5 Å². The van der Waals surface area contributed by atoms with Crippen molar-refractivity contribution in [1.82, 2.24) is 15.5 Å². The summed E-state index contributed by atoms with van der Waals surface area (Å²) in [6, 6.07) is 6.51. The third-order valence-corrected chi connectivity index (χ3v) is 5.12. The van der Waals surface area contributed by atoms with Crippen molar-refractivity contribution in [3.05, 3.63) is 34.3 Å². The molecule has 0 saturated carbocycles. The van der Waals surface area contributed by atoms with E-state index in [1.165, 1.54) is 0 Å². The van der Waals surface area contributed by atoms with Crippen LogP contribution in [-0.2, 0) is 9.59 Å². The fraction of sp³-hybridized carbons (Fsp3) is 0.526. The molecular formula is C19H26BrN3O3. The van der Waals surface area contributed by atoms with Gasteiger partial charge in [0.05, 0.1) is 5.56 Å². The summed E-state index contributed by atoms with van der Waals surface area (Å²) in [5.41, 5.74) is 0.499. The lowest BCUT2D eigenvalue weighted by atomic mass is 10.0. The second-order valence-electron chi connectivity index (χ2n) is 6.80. The normalized spacial score (nSPS) is 15.2. The highest BCUT2D eigenvalue weighted by Crippen LogP contribution is 2.16. The van der Waals surface area contributed by atoms with Crippen LogP contribution in [0.3, 0.4) is 0 Å². The first-order chi connectivity index (χ1) is 12.4. The van der Waals surface area contributed by atoms with Crippen LogP contribution in [0.15, 0.2) is 28.7 Å². The molecule has 0 aromatic heterocycles. The first-order valence-electron chi connectivity index (χ1n) is 9.01. The van der Waals surface area contributed by atoms with E-state index in [4.69, 9.17) is 0 Å². The minimum atomic E-state index is -0.608. The summed E-state index contributed by atoms with van der Waals surface area (Å²) < 4.78 is 0.690. The fourth-order valence-electron chi connectivity index (χ4n) is 2.93. The van der Waals surface area contributed by atoms with Crippen molar-refractivity contribution in [3.8, 4) is 0 Å². The van der Waals surface area contributed by atoms with E-state index in [-0.39, 0.29) is 23.6 Å². The van der Waals surface area contributed by atoms with Crippen LogP contribution < -0.4 is 10.6 Å². The average Bonchev–Trinajstić information content (AvgIpc) is 3.01. The molecule has 1 aliphatic heterocycles. The number of halogens is 1. The van der Waals surface area contributed by atoms with E-state index in [9.17, 15) is 14.4 Å². The zero-order valence-electron chi connectivity index (χ0n) is 15.3. The molecule has 1 atom stereocenters. The van der Waals surface area contributed by atoms with Crippen molar-refractivity contribution in [3.63, 3.8) is 0 Å². The van der Waals surface area contributed by atoms with Gasteiger partial charge in [0, 0.05) is 30.5 Å². The van der Waals surface area contributed by atoms with Crippen molar-refractivity contribution >= 4 is 33.7 Å². The van der Waals surface area contributed by atoms with Gasteiger partial charge in [0.25, 0.3) is 5.91 Å². The molecule has 1 saturated heterocycles. The number of amides is 3. The van der Waals surface area contributed by atoms with Gasteiger partial charge in [0.2, 0.25) is 11.8 Å². The average molecular weight is 424 g/mol. The summed E-state index contributed by atoms with van der Waals surface area (Å²) in [5.74, 6) is -0.333. The predicted octanol–water partition coefficient (Wildman–Crippen LogP) is 2.33. The first kappa shape index (κ1) is 20.4. The number of rotatable bonds is 8. The van der Waals surface area contributed by atoms with Crippen molar-refractivity contribution in [1.29, 1.82) is 0 Å². The summed E-state index contributed by atoms with van der Waals surface area (Å²) >= 11 is 3.36. The second kappa shape index (κ2) is 9.71. The molecule has 0 spiro atoms. The Morgan fingerprint density at radius 2 is 2.00 bits per heavy atom. The molecule has 2 N–H and O–H groups in total. The molecule has 7 heteroatoms. The lowest BCUT2D eigenvalue weighted by Crippen LogP contribution is -2.50. The van der Waals surface area contributed by atoms with Crippen molar-refractivity contribution in [2.45, 2.75) is 39.2 Å². The maximum Gasteiger partial charge on any atom is 0.253 e. The van der Waals surface area contributed by atoms with E-state index in [0.717, 1.165) is 13.0 Å². The first-order valence-corrected chi connectivity index (χ1v) is 9.80. The Balaban J connectivity index is 1.84. The van der Waals surface area contributed by atoms with E-state index < -0.39 is 6.04 Å². The zero-order valence-corrected chi connectivity index (χ0v) is 16.8. The van der Waals surface area contributed by atoms with Crippen molar-refractivity contribution < 1.29 is 14.4 Å². The highest BCUT2D eigenvalue weighted by atomic mass is 79.9. The third-order valence-electron chi connectivity index (χ3n) is 4.43. The van der Waals surface area contributed by atoms with Gasteiger partial charge in [0.1, 0.15) is 6.04 Å². The minimum absolute atomic E-state index is 0.0402. The van der Waals surface area contributed by atoms with E-state index in [2.05, 4.69) is 26.6 Å². The van der Waals surface area contributed by atoms with Crippen LogP contribution in [0.25, 0.3) is 0 Å². The van der Waals surface area contributed by atoms with Gasteiger partial charge in [-0.2, -0.15) is 0 Å². The van der Waals surface area contributed by atoms with Gasteiger partial charge >= 0.3 is 0 Å². The number of hydrogen-bond acceptors (Lipinski definition) is 3. The summed E-state index contributed by atoms with van der Waals surface area (Å²) in [5, 5.41) is 5.69. The number of carbonyl (C=O) groups is 3. The monoisotopic (exact) mass is 423 g/mol. The molecule has 2 rings (SSSR count). The van der Waals surface area contributed by atoms with Crippen molar-refractivity contribution in [2.24, 2.45) is 5.92 Å². The van der Waals surface area contributed by atoms with Crippen LogP contribution >= 0.6 is 15.9 Å². The number of nitrogens with zero attached hydrogens (tertiary/aromatic N) is 1. The molecule has 3 amide bonds. The standard InChI is InChI=1S/C19H26BrN3O3/c1-13(2)17(22-18(25)14-7-3-4-8-15(14)20)19(26)21-10-6-12-23-11-5-9-16(23)24/h3-4,7-8,13,17H,5-6,9-12H2,1-2H3,(H,21,26)(H,22,25). The number of likely N-dealkylation sites (tertiary alicyclic amines) is 1. The topological polar surface area (TPSA) is 78.5 Å². The fourth-order valence-corrected chi connectivity index (χ4v) is 3.40. The Morgan fingerprint density at radius 3 is 2.62 bits per heavy atom. The zero-order chi connectivity index (χ0) is 19.1. The Kier molecular flexibility index (Phi) is 7.63. The van der Waals surface area contributed by atoms with Gasteiger partial charge in [-0.15, -0.1) is 0 Å². The molecular weight excluding hydrogens is 398 g/mol. The predicted molar refractivity (Wildman–Crippen MR) is 104 cm³/mol. The summed E-state index contributed by atoms with van der Waals surface area (Å²) in [7, 11) is 0. The molecule has 1 aliphatic rings. The van der Waals surface area contributed by atoms with E-state index in [0.29, 0.717) is 36.0 Å². The molecule has 1 heterocycles. The van der Waals surface area contributed by atoms with E-state index >= 15 is 0 Å². The number of carbonyl (C=O) groups excluding carboxylic acids is 3. The molecule has 0 bridgehead atoms. The number of nitrogens with one attached hydrogen (secondary N) is 2. The molecule has 6 nitrogen and oxygen atoms in total. The minimum Gasteiger partial charge on any atom is -0.354 e. The Morgan fingerprint density at radius 1 is 1.27 bits per heavy atom. The van der Waals surface area contributed by atoms with Crippen LogP contribution in [0.1, 0.15) is 43.5 Å². The van der Waals surface area contributed by atoms with Crippen LogP contribution in [0.2, 0.25) is 0 Å². The van der Waals surface area contributed by atoms with Crippen LogP contribution in [0, 0.1) is 5.92 Å². The van der Waals surface area contributed by atoms with Crippen LogP contribution in [-0.4, -0.2) is 48.3 Å². The molecule has 1 fully saturated rings. The van der Waals surface area contributed by atoms with Gasteiger partial charge in [0.15, 0.2) is 0 Å². The molecule has 142 valence electrons. The lowest BCUT2D eigenvalue weighted by Gasteiger charge is -2.22. The van der Waals surface area contributed by atoms with Crippen LogP contribution in [0.5, 0.6) is 0 Å². The summed E-state index contributed by atoms with van der Waals surface area (Å²) in [6.45, 7) is 5.75. The third kappa shape index (κ3) is 5.56. The molecule has 26 heavy (non-hydrogen) atoms. The summed E-state index contributed by atoms with van der Waals surface area (Å²) in [6.07, 6.45) is 2.25. The van der Waals surface area contributed by atoms with Gasteiger partial charge in [-0.3, -0.25) is 14.4 Å². The highest BCUT2D eigenvalue weighted by Gasteiger charge is 2.25. The maximum absolute atomic E-state index is 12.5. The van der Waals surface area contributed by atoms with Gasteiger partial charge in [-0.25, -0.2) is 0 Å². The Labute approximate surface area is 162 Å². The molecule has 0 radical (unpaired) electrons. The van der Waals surface area contributed by atoms with E-state index in [1.54, 1.807) is 18.2 Å². The molecule has 1 aromatic rings. The Bertz CT molecular complexity index is 663. The SMILES string of the molecule is CC(C)C(NC(=O)c1ccccc1Br)C(=O)NCCCN1CCCC1=O. The Hall–Kier alpha value is -1.89. The maximum atomic E-state index is 12.5. The second-order valence-corrected chi connectivity index (χ2v) is 7.66. The smallest absolute Gasteiger partial charge is 0.253 e. The number of hydrogen-bond donors (Lipinski definition) is 2. The van der Waals surface area contributed by atoms with E-state index in [1.807, 2.05) is 24.8 Å². The molecule has 1 unspecified atom stereocenters. The quantitative estimate of drug-likeness (QED) is 0.629. The highest BCUT2D eigenvalue weighted by molar-refractivity contribution is 9.10. The molecule has 1 aromatic carbocycles. The lowest BCUT2D eigenvalue weighted by molar-refractivity contribution is -0.127. The molecule has 0 aliphatic carbocycles. The van der Waals surface area contributed by atoms with Crippen molar-refractivity contribution in [2.75, 3.05) is 19.6 Å². The van der Waals surface area contributed by atoms with Crippen LogP contribution in [0.4, 0.5) is 0 Å². The van der Waals surface area contributed by atoms with Gasteiger partial charge in [-0.1, -0.05) is 26.0 Å². The van der Waals surface area contributed by atoms with Gasteiger partial charge in [-0.05, 0) is 46.8 Å². The largest absolute Gasteiger partial charge is 0.354 e. The summed E-state index contributed by atoms with van der Waals surface area (Å²) in [4.78, 5) is 38.3. The number of benzene rings is 1.